The number of hydrogen-bond acceptors (Lipinski definition) is 3. The molecule has 2 aromatic carbocycles. The minimum Gasteiger partial charge on any atom is -0.507 e. The maximum absolute atomic E-state index is 10.3. The van der Waals surface area contributed by atoms with E-state index in [1.54, 1.807) is 13.2 Å². The molecule has 2 aromatic rings. The number of thiocarbonyl (C=S) groups is 1. The van der Waals surface area contributed by atoms with Crippen LogP contribution in [-0.4, -0.2) is 23.9 Å². The van der Waals surface area contributed by atoms with Crippen molar-refractivity contribution in [3.63, 3.8) is 0 Å². The van der Waals surface area contributed by atoms with Gasteiger partial charge in [-0.1, -0.05) is 30.3 Å². The van der Waals surface area contributed by atoms with Crippen molar-refractivity contribution in [3.8, 4) is 11.5 Å². The van der Waals surface area contributed by atoms with Crippen molar-refractivity contribution in [1.82, 2.24) is 10.6 Å². The Hall–Kier alpha value is -2.27. The molecule has 1 saturated heterocycles. The lowest BCUT2D eigenvalue weighted by Gasteiger charge is -2.35. The van der Waals surface area contributed by atoms with E-state index in [0.29, 0.717) is 10.9 Å². The summed E-state index contributed by atoms with van der Waals surface area (Å²) >= 11 is 5.25. The second-order valence-electron chi connectivity index (χ2n) is 5.27. The van der Waals surface area contributed by atoms with Crippen LogP contribution in [0.25, 0.3) is 0 Å². The van der Waals surface area contributed by atoms with E-state index in [4.69, 9.17) is 17.0 Å². The average molecular weight is 314 g/mol. The Kier molecular flexibility index (Phi) is 4.15. The van der Waals surface area contributed by atoms with E-state index >= 15 is 0 Å². The van der Waals surface area contributed by atoms with Crippen LogP contribution >= 0.6 is 12.2 Å². The van der Waals surface area contributed by atoms with E-state index in [9.17, 15) is 5.11 Å². The SMILES string of the molecule is COc1ccc(C2NC(=S)NCC2c2ccccc2)c(O)c1. The van der Waals surface area contributed by atoms with E-state index < -0.39 is 0 Å². The van der Waals surface area contributed by atoms with Crippen molar-refractivity contribution in [2.24, 2.45) is 0 Å². The van der Waals surface area contributed by atoms with Gasteiger partial charge in [0, 0.05) is 24.1 Å². The van der Waals surface area contributed by atoms with Crippen LogP contribution in [0, 0.1) is 0 Å². The predicted molar refractivity (Wildman–Crippen MR) is 90.3 cm³/mol. The summed E-state index contributed by atoms with van der Waals surface area (Å²) in [6.45, 7) is 0.728. The predicted octanol–water partition coefficient (Wildman–Crippen LogP) is 2.70. The van der Waals surface area contributed by atoms with Crippen LogP contribution in [0.4, 0.5) is 0 Å². The first kappa shape index (κ1) is 14.7. The maximum Gasteiger partial charge on any atom is 0.166 e. The molecule has 0 amide bonds. The molecule has 1 heterocycles. The first-order chi connectivity index (χ1) is 10.7. The Morgan fingerprint density at radius 3 is 2.64 bits per heavy atom. The summed E-state index contributed by atoms with van der Waals surface area (Å²) in [7, 11) is 1.58. The number of aromatic hydroxyl groups is 1. The van der Waals surface area contributed by atoms with Crippen LogP contribution in [0.2, 0.25) is 0 Å². The minimum absolute atomic E-state index is 0.0814. The zero-order valence-corrected chi connectivity index (χ0v) is 13.1. The maximum atomic E-state index is 10.3. The first-order valence-electron chi connectivity index (χ1n) is 7.15. The molecule has 3 rings (SSSR count). The lowest BCUT2D eigenvalue weighted by atomic mass is 9.85. The fraction of sp³-hybridized carbons (Fsp3) is 0.235. The molecule has 0 aromatic heterocycles. The summed E-state index contributed by atoms with van der Waals surface area (Å²) in [6.07, 6.45) is 0. The van der Waals surface area contributed by atoms with E-state index in [1.165, 1.54) is 5.56 Å². The lowest BCUT2D eigenvalue weighted by molar-refractivity contribution is 0.398. The third-order valence-electron chi connectivity index (χ3n) is 3.97. The van der Waals surface area contributed by atoms with Gasteiger partial charge >= 0.3 is 0 Å². The smallest absolute Gasteiger partial charge is 0.166 e. The van der Waals surface area contributed by atoms with Gasteiger partial charge in [-0.3, -0.25) is 0 Å². The quantitative estimate of drug-likeness (QED) is 0.761. The van der Waals surface area contributed by atoms with Crippen LogP contribution in [0.15, 0.2) is 48.5 Å². The minimum atomic E-state index is -0.0814. The molecule has 0 bridgehead atoms. The summed E-state index contributed by atoms with van der Waals surface area (Å²) in [5.41, 5.74) is 2.02. The fourth-order valence-corrected chi connectivity index (χ4v) is 3.04. The highest BCUT2D eigenvalue weighted by atomic mass is 32.1. The standard InChI is InChI=1S/C17H18N2O2S/c1-21-12-7-8-13(15(20)9-12)16-14(10-18-17(22)19-16)11-5-3-2-4-6-11/h2-9,14,16,20H,10H2,1H3,(H2,18,19,22). The highest BCUT2D eigenvalue weighted by molar-refractivity contribution is 7.80. The number of phenols is 1. The lowest BCUT2D eigenvalue weighted by Crippen LogP contribution is -2.48. The van der Waals surface area contributed by atoms with Gasteiger partial charge in [0.2, 0.25) is 0 Å². The van der Waals surface area contributed by atoms with Crippen LogP contribution in [0.3, 0.4) is 0 Å². The molecule has 4 nitrogen and oxygen atoms in total. The third-order valence-corrected chi connectivity index (χ3v) is 4.23. The van der Waals surface area contributed by atoms with Crippen molar-refractivity contribution >= 4 is 17.3 Å². The van der Waals surface area contributed by atoms with Gasteiger partial charge in [-0.15, -0.1) is 0 Å². The number of ether oxygens (including phenoxy) is 1. The van der Waals surface area contributed by atoms with Gasteiger partial charge < -0.3 is 20.5 Å². The highest BCUT2D eigenvalue weighted by Crippen LogP contribution is 2.37. The normalized spacial score (nSPS) is 20.9. The molecule has 114 valence electrons. The molecule has 2 atom stereocenters. The van der Waals surface area contributed by atoms with E-state index in [2.05, 4.69) is 22.8 Å². The molecule has 5 heteroatoms. The van der Waals surface area contributed by atoms with E-state index in [1.807, 2.05) is 30.3 Å². The summed E-state index contributed by atoms with van der Waals surface area (Å²) in [4.78, 5) is 0. The van der Waals surface area contributed by atoms with Gasteiger partial charge in [0.05, 0.1) is 13.2 Å². The third kappa shape index (κ3) is 2.85. The summed E-state index contributed by atoms with van der Waals surface area (Å²) in [6, 6.07) is 15.5. The number of rotatable bonds is 3. The molecule has 2 unspecified atom stereocenters. The van der Waals surface area contributed by atoms with Crippen molar-refractivity contribution < 1.29 is 9.84 Å². The van der Waals surface area contributed by atoms with Gasteiger partial charge in [-0.2, -0.15) is 0 Å². The fourth-order valence-electron chi connectivity index (χ4n) is 2.83. The van der Waals surface area contributed by atoms with Crippen LogP contribution < -0.4 is 15.4 Å². The molecular weight excluding hydrogens is 296 g/mol. The zero-order chi connectivity index (χ0) is 15.5. The molecular formula is C17H18N2O2S. The van der Waals surface area contributed by atoms with E-state index in [-0.39, 0.29) is 17.7 Å². The second-order valence-corrected chi connectivity index (χ2v) is 5.68. The Bertz CT molecular complexity index is 676. The van der Waals surface area contributed by atoms with Crippen molar-refractivity contribution in [2.75, 3.05) is 13.7 Å². The molecule has 0 saturated carbocycles. The molecule has 22 heavy (non-hydrogen) atoms. The molecule has 3 N–H and O–H groups in total. The number of nitrogens with one attached hydrogen (secondary N) is 2. The van der Waals surface area contributed by atoms with Gasteiger partial charge in [-0.05, 0) is 29.9 Å². The number of hydrogen-bond donors (Lipinski definition) is 3. The van der Waals surface area contributed by atoms with Gasteiger partial charge in [-0.25, -0.2) is 0 Å². The van der Waals surface area contributed by atoms with Crippen LogP contribution in [-0.2, 0) is 0 Å². The average Bonchev–Trinajstić information content (AvgIpc) is 2.55. The largest absolute Gasteiger partial charge is 0.507 e. The second kappa shape index (κ2) is 6.23. The number of methoxy groups -OCH3 is 1. The topological polar surface area (TPSA) is 53.5 Å². The Labute approximate surface area is 135 Å². The van der Waals surface area contributed by atoms with Crippen LogP contribution in [0.5, 0.6) is 11.5 Å². The molecule has 1 aliphatic heterocycles. The van der Waals surface area contributed by atoms with E-state index in [0.717, 1.165) is 12.1 Å². The number of benzene rings is 2. The first-order valence-corrected chi connectivity index (χ1v) is 7.56. The molecule has 0 radical (unpaired) electrons. The number of phenolic OH excluding ortho intramolecular Hbond substituents is 1. The Morgan fingerprint density at radius 2 is 1.95 bits per heavy atom. The van der Waals surface area contributed by atoms with Crippen molar-refractivity contribution in [2.45, 2.75) is 12.0 Å². The monoisotopic (exact) mass is 314 g/mol. The van der Waals surface area contributed by atoms with Crippen molar-refractivity contribution in [3.05, 3.63) is 59.7 Å². The Morgan fingerprint density at radius 1 is 1.18 bits per heavy atom. The van der Waals surface area contributed by atoms with Gasteiger partial charge in [0.1, 0.15) is 11.5 Å². The summed E-state index contributed by atoms with van der Waals surface area (Å²) in [5.74, 6) is 1.02. The summed E-state index contributed by atoms with van der Waals surface area (Å²) in [5, 5.41) is 17.4. The van der Waals surface area contributed by atoms with Gasteiger partial charge in [0.25, 0.3) is 0 Å². The molecule has 1 fully saturated rings. The van der Waals surface area contributed by atoms with Crippen LogP contribution in [0.1, 0.15) is 23.1 Å². The van der Waals surface area contributed by atoms with Crippen molar-refractivity contribution in [1.29, 1.82) is 0 Å². The Balaban J connectivity index is 1.98. The molecule has 0 spiro atoms. The zero-order valence-electron chi connectivity index (χ0n) is 12.2. The summed E-state index contributed by atoms with van der Waals surface area (Å²) < 4.78 is 5.15. The highest BCUT2D eigenvalue weighted by Gasteiger charge is 2.31. The molecule has 0 aliphatic carbocycles. The molecule has 1 aliphatic rings. The van der Waals surface area contributed by atoms with Gasteiger partial charge in [0.15, 0.2) is 5.11 Å².